The molecule has 0 radical (unpaired) electrons. The molecule has 1 aromatic rings. The van der Waals surface area contributed by atoms with E-state index in [0.29, 0.717) is 32.1 Å². The van der Waals surface area contributed by atoms with E-state index in [1.807, 2.05) is 0 Å². The van der Waals surface area contributed by atoms with Crippen LogP contribution >= 0.6 is 0 Å². The predicted octanol–water partition coefficient (Wildman–Crippen LogP) is 1.48. The first-order valence-electron chi connectivity index (χ1n) is 8.04. The van der Waals surface area contributed by atoms with Crippen LogP contribution in [-0.4, -0.2) is 63.6 Å². The quantitative estimate of drug-likeness (QED) is 0.832. The molecule has 2 aliphatic rings. The van der Waals surface area contributed by atoms with E-state index in [1.54, 1.807) is 0 Å². The Hall–Kier alpha value is -1.02. The van der Waals surface area contributed by atoms with E-state index in [-0.39, 0.29) is 10.5 Å². The molecule has 2 aliphatic heterocycles. The summed E-state index contributed by atoms with van der Waals surface area (Å²) < 4.78 is 46.0. The molecule has 0 bridgehead atoms. The second-order valence-electron chi connectivity index (χ2n) is 6.30. The van der Waals surface area contributed by atoms with Gasteiger partial charge in [0, 0.05) is 44.9 Å². The van der Waals surface area contributed by atoms with E-state index in [9.17, 15) is 12.8 Å². The summed E-state index contributed by atoms with van der Waals surface area (Å²) in [5.41, 5.74) is 0.193. The predicted molar refractivity (Wildman–Crippen MR) is 85.3 cm³/mol. The molecule has 128 valence electrons. The van der Waals surface area contributed by atoms with Crippen LogP contribution in [0.5, 0.6) is 0 Å². The fourth-order valence-electron chi connectivity index (χ4n) is 3.25. The van der Waals surface area contributed by atoms with E-state index >= 15 is 0 Å². The SMILES string of the molecule is Cc1c(F)cccc1S(=O)(=O)N1CCN(C[C@@H]2CCOC2)CC1. The molecule has 0 spiro atoms. The van der Waals surface area contributed by atoms with Crippen molar-refractivity contribution in [1.82, 2.24) is 9.21 Å². The first-order chi connectivity index (χ1) is 11.0. The van der Waals surface area contributed by atoms with Gasteiger partial charge in [-0.05, 0) is 31.4 Å². The van der Waals surface area contributed by atoms with Gasteiger partial charge < -0.3 is 9.64 Å². The molecule has 0 aliphatic carbocycles. The molecule has 2 fully saturated rings. The minimum atomic E-state index is -3.62. The van der Waals surface area contributed by atoms with Gasteiger partial charge in [-0.3, -0.25) is 0 Å². The van der Waals surface area contributed by atoms with Gasteiger partial charge >= 0.3 is 0 Å². The van der Waals surface area contributed by atoms with Crippen LogP contribution in [0.4, 0.5) is 4.39 Å². The molecule has 0 amide bonds. The van der Waals surface area contributed by atoms with Crippen LogP contribution in [0, 0.1) is 18.7 Å². The Morgan fingerprint density at radius 2 is 2.00 bits per heavy atom. The van der Waals surface area contributed by atoms with Crippen LogP contribution in [0.2, 0.25) is 0 Å². The Morgan fingerprint density at radius 3 is 2.65 bits per heavy atom. The maximum atomic E-state index is 13.7. The van der Waals surface area contributed by atoms with Crippen molar-refractivity contribution in [1.29, 1.82) is 0 Å². The van der Waals surface area contributed by atoms with E-state index in [4.69, 9.17) is 4.74 Å². The summed E-state index contributed by atoms with van der Waals surface area (Å²) in [6.45, 7) is 6.44. The Bertz CT molecular complexity index is 651. The zero-order chi connectivity index (χ0) is 16.4. The van der Waals surface area contributed by atoms with Crippen LogP contribution in [-0.2, 0) is 14.8 Å². The number of halogens is 1. The fourth-order valence-corrected chi connectivity index (χ4v) is 4.91. The summed E-state index contributed by atoms with van der Waals surface area (Å²) in [7, 11) is -3.62. The van der Waals surface area contributed by atoms with Crippen LogP contribution < -0.4 is 0 Å². The molecule has 3 rings (SSSR count). The zero-order valence-electron chi connectivity index (χ0n) is 13.4. The second kappa shape index (κ2) is 6.84. The molecule has 1 aromatic carbocycles. The normalized spacial score (nSPS) is 24.2. The summed E-state index contributed by atoms with van der Waals surface area (Å²) in [6.07, 6.45) is 1.08. The van der Waals surface area contributed by atoms with Crippen molar-refractivity contribution >= 4 is 10.0 Å². The van der Waals surface area contributed by atoms with Gasteiger partial charge in [0.05, 0.1) is 11.5 Å². The third-order valence-electron chi connectivity index (χ3n) is 4.71. The smallest absolute Gasteiger partial charge is 0.243 e. The number of rotatable bonds is 4. The van der Waals surface area contributed by atoms with Crippen molar-refractivity contribution in [3.63, 3.8) is 0 Å². The summed E-state index contributed by atoms with van der Waals surface area (Å²) in [4.78, 5) is 2.37. The third kappa shape index (κ3) is 3.57. The van der Waals surface area contributed by atoms with Gasteiger partial charge in [0.25, 0.3) is 0 Å². The van der Waals surface area contributed by atoms with E-state index in [0.717, 1.165) is 26.2 Å². The molecule has 5 nitrogen and oxygen atoms in total. The minimum Gasteiger partial charge on any atom is -0.381 e. The highest BCUT2D eigenvalue weighted by molar-refractivity contribution is 7.89. The molecule has 0 aromatic heterocycles. The fraction of sp³-hybridized carbons (Fsp3) is 0.625. The number of sulfonamides is 1. The number of ether oxygens (including phenoxy) is 1. The molecular weight excluding hydrogens is 319 g/mol. The van der Waals surface area contributed by atoms with Crippen LogP contribution in [0.3, 0.4) is 0 Å². The maximum Gasteiger partial charge on any atom is 0.243 e. The summed E-state index contributed by atoms with van der Waals surface area (Å²) in [5.74, 6) is 0.0783. The highest BCUT2D eigenvalue weighted by Gasteiger charge is 2.31. The Kier molecular flexibility index (Phi) is 5.01. The standard InChI is InChI=1S/C16H23FN2O3S/c1-13-15(17)3-2-4-16(13)23(20,21)19-8-6-18(7-9-19)11-14-5-10-22-12-14/h2-4,14H,5-12H2,1H3/t14-/m0/s1. The minimum absolute atomic E-state index is 0.0788. The van der Waals surface area contributed by atoms with E-state index < -0.39 is 15.8 Å². The van der Waals surface area contributed by atoms with Crippen LogP contribution in [0.1, 0.15) is 12.0 Å². The average molecular weight is 342 g/mol. The van der Waals surface area contributed by atoms with Crippen molar-refractivity contribution < 1.29 is 17.5 Å². The molecule has 0 unspecified atom stereocenters. The number of hydrogen-bond acceptors (Lipinski definition) is 4. The molecular formula is C16H23FN2O3S. The number of benzene rings is 1. The van der Waals surface area contributed by atoms with Crippen molar-refractivity contribution in [3.05, 3.63) is 29.6 Å². The first kappa shape index (κ1) is 16.8. The Morgan fingerprint density at radius 1 is 1.26 bits per heavy atom. The highest BCUT2D eigenvalue weighted by Crippen LogP contribution is 2.23. The van der Waals surface area contributed by atoms with Crippen LogP contribution in [0.25, 0.3) is 0 Å². The molecule has 1 atom stereocenters. The van der Waals surface area contributed by atoms with Crippen molar-refractivity contribution in [2.45, 2.75) is 18.2 Å². The lowest BCUT2D eigenvalue weighted by molar-refractivity contribution is 0.143. The third-order valence-corrected chi connectivity index (χ3v) is 6.75. The Labute approximate surface area is 137 Å². The summed E-state index contributed by atoms with van der Waals surface area (Å²) in [5, 5.41) is 0. The number of nitrogens with zero attached hydrogens (tertiary/aromatic N) is 2. The van der Waals surface area contributed by atoms with Crippen molar-refractivity contribution in [2.24, 2.45) is 5.92 Å². The topological polar surface area (TPSA) is 49.9 Å². The van der Waals surface area contributed by atoms with Gasteiger partial charge in [0.2, 0.25) is 10.0 Å². The van der Waals surface area contributed by atoms with Gasteiger partial charge in [-0.2, -0.15) is 4.31 Å². The largest absolute Gasteiger partial charge is 0.381 e. The van der Waals surface area contributed by atoms with Gasteiger partial charge in [0.1, 0.15) is 5.82 Å². The van der Waals surface area contributed by atoms with Crippen molar-refractivity contribution in [3.8, 4) is 0 Å². The first-order valence-corrected chi connectivity index (χ1v) is 9.48. The maximum absolute atomic E-state index is 13.7. The van der Waals surface area contributed by atoms with E-state index in [1.165, 1.54) is 29.4 Å². The van der Waals surface area contributed by atoms with Gasteiger partial charge in [-0.15, -0.1) is 0 Å². The molecule has 2 saturated heterocycles. The van der Waals surface area contributed by atoms with Gasteiger partial charge in [-0.1, -0.05) is 6.07 Å². The lowest BCUT2D eigenvalue weighted by atomic mass is 10.1. The lowest BCUT2D eigenvalue weighted by Gasteiger charge is -2.35. The Balaban J connectivity index is 1.65. The van der Waals surface area contributed by atoms with Gasteiger partial charge in [0.15, 0.2) is 0 Å². The van der Waals surface area contributed by atoms with E-state index in [2.05, 4.69) is 4.90 Å². The molecule has 23 heavy (non-hydrogen) atoms. The molecule has 2 heterocycles. The van der Waals surface area contributed by atoms with Crippen LogP contribution in [0.15, 0.2) is 23.1 Å². The lowest BCUT2D eigenvalue weighted by Crippen LogP contribution is -2.49. The van der Waals surface area contributed by atoms with Gasteiger partial charge in [-0.25, -0.2) is 12.8 Å². The molecule has 7 heteroatoms. The summed E-state index contributed by atoms with van der Waals surface area (Å²) >= 11 is 0. The number of piperazine rings is 1. The highest BCUT2D eigenvalue weighted by atomic mass is 32.2. The summed E-state index contributed by atoms with van der Waals surface area (Å²) in [6, 6.07) is 4.22. The molecule has 0 N–H and O–H groups in total. The molecule has 0 saturated carbocycles. The second-order valence-corrected chi connectivity index (χ2v) is 8.20. The average Bonchev–Trinajstić information content (AvgIpc) is 3.03. The zero-order valence-corrected chi connectivity index (χ0v) is 14.2. The monoisotopic (exact) mass is 342 g/mol. The van der Waals surface area contributed by atoms with Crippen molar-refractivity contribution in [2.75, 3.05) is 45.9 Å². The number of hydrogen-bond donors (Lipinski definition) is 0.